The second-order valence-corrected chi connectivity index (χ2v) is 6.83. The fourth-order valence-corrected chi connectivity index (χ4v) is 3.29. The molecule has 0 radical (unpaired) electrons. The third-order valence-electron chi connectivity index (χ3n) is 4.88. The Morgan fingerprint density at radius 2 is 1.90 bits per heavy atom. The Bertz CT molecular complexity index is 1220. The minimum absolute atomic E-state index is 0.228. The molecule has 0 saturated heterocycles. The van der Waals surface area contributed by atoms with Crippen LogP contribution in [-0.4, -0.2) is 35.3 Å². The van der Waals surface area contributed by atoms with Crippen LogP contribution in [0.4, 0.5) is 0 Å². The van der Waals surface area contributed by atoms with Gasteiger partial charge in [0.15, 0.2) is 0 Å². The van der Waals surface area contributed by atoms with Crippen molar-refractivity contribution in [2.75, 3.05) is 14.2 Å². The summed E-state index contributed by atoms with van der Waals surface area (Å²) in [5, 5.41) is 11.1. The number of pyridine rings is 1. The molecule has 0 aliphatic heterocycles. The van der Waals surface area contributed by atoms with Gasteiger partial charge in [0.25, 0.3) is 5.91 Å². The third-order valence-corrected chi connectivity index (χ3v) is 4.88. The maximum atomic E-state index is 12.8. The normalized spacial score (nSPS) is 11.0. The van der Waals surface area contributed by atoms with Gasteiger partial charge in [0.2, 0.25) is 0 Å². The van der Waals surface area contributed by atoms with Gasteiger partial charge in [-0.3, -0.25) is 14.9 Å². The molecule has 1 amide bonds. The van der Waals surface area contributed by atoms with Crippen molar-refractivity contribution in [3.63, 3.8) is 0 Å². The van der Waals surface area contributed by atoms with Gasteiger partial charge < -0.3 is 14.8 Å². The van der Waals surface area contributed by atoms with E-state index < -0.39 is 0 Å². The Labute approximate surface area is 179 Å². The highest BCUT2D eigenvalue weighted by Crippen LogP contribution is 2.32. The number of amides is 1. The highest BCUT2D eigenvalue weighted by Gasteiger charge is 2.18. The Hall–Kier alpha value is -4.13. The van der Waals surface area contributed by atoms with E-state index in [1.165, 1.54) is 0 Å². The monoisotopic (exact) mass is 414 g/mol. The molecule has 2 heterocycles. The number of rotatable bonds is 7. The number of nitrogens with zero attached hydrogens (tertiary/aromatic N) is 2. The van der Waals surface area contributed by atoms with Crippen LogP contribution in [0.25, 0.3) is 23.1 Å². The number of ether oxygens (including phenoxy) is 2. The molecule has 2 N–H and O–H groups in total. The summed E-state index contributed by atoms with van der Waals surface area (Å²) in [6.07, 6.45) is 7.26. The number of hydrogen-bond acceptors (Lipinski definition) is 5. The molecule has 0 saturated carbocycles. The molecule has 4 aromatic rings. The summed E-state index contributed by atoms with van der Waals surface area (Å²) >= 11 is 0. The van der Waals surface area contributed by atoms with Crippen LogP contribution in [0.5, 0.6) is 11.5 Å². The highest BCUT2D eigenvalue weighted by atomic mass is 16.5. The Morgan fingerprint density at radius 3 is 2.61 bits per heavy atom. The van der Waals surface area contributed by atoms with E-state index in [4.69, 9.17) is 9.47 Å². The molecule has 0 unspecified atom stereocenters. The number of hydrogen-bond donors (Lipinski definition) is 2. The van der Waals surface area contributed by atoms with Crippen LogP contribution in [0.3, 0.4) is 0 Å². The van der Waals surface area contributed by atoms with E-state index in [1.807, 2.05) is 54.6 Å². The minimum Gasteiger partial charge on any atom is -0.497 e. The molecule has 2 aromatic heterocycles. The average Bonchev–Trinajstić information content (AvgIpc) is 3.24. The molecule has 0 aliphatic rings. The summed E-state index contributed by atoms with van der Waals surface area (Å²) in [4.78, 5) is 16.9. The van der Waals surface area contributed by atoms with E-state index in [9.17, 15) is 4.79 Å². The van der Waals surface area contributed by atoms with E-state index in [0.29, 0.717) is 23.6 Å². The van der Waals surface area contributed by atoms with Crippen LogP contribution in [0.1, 0.15) is 27.2 Å². The highest BCUT2D eigenvalue weighted by molar-refractivity contribution is 6.05. The lowest BCUT2D eigenvalue weighted by atomic mass is 10.1. The van der Waals surface area contributed by atoms with Gasteiger partial charge in [-0.1, -0.05) is 24.3 Å². The van der Waals surface area contributed by atoms with Crippen LogP contribution in [0, 0.1) is 0 Å². The zero-order chi connectivity index (χ0) is 21.6. The van der Waals surface area contributed by atoms with Crippen LogP contribution in [-0.2, 0) is 6.54 Å². The number of carbonyl (C=O) groups excluding carboxylic acids is 1. The fraction of sp³-hybridized carbons (Fsp3) is 0.125. The number of carbonyl (C=O) groups is 1. The predicted molar refractivity (Wildman–Crippen MR) is 120 cm³/mol. The lowest BCUT2D eigenvalue weighted by Crippen LogP contribution is -2.23. The van der Waals surface area contributed by atoms with E-state index in [1.54, 1.807) is 32.7 Å². The quantitative estimate of drug-likeness (QED) is 0.476. The van der Waals surface area contributed by atoms with Crippen LogP contribution in [0.2, 0.25) is 0 Å². The van der Waals surface area contributed by atoms with Crippen molar-refractivity contribution in [1.82, 2.24) is 20.5 Å². The summed E-state index contributed by atoms with van der Waals surface area (Å²) in [6.45, 7) is 0.378. The topological polar surface area (TPSA) is 89.1 Å². The number of aromatic amines is 1. The smallest absolute Gasteiger partial charge is 0.255 e. The van der Waals surface area contributed by atoms with Gasteiger partial charge in [-0.05, 0) is 47.5 Å². The van der Waals surface area contributed by atoms with Crippen molar-refractivity contribution < 1.29 is 14.3 Å². The molecule has 2 aromatic carbocycles. The lowest BCUT2D eigenvalue weighted by Gasteiger charge is -2.11. The van der Waals surface area contributed by atoms with Gasteiger partial charge in [0.05, 0.1) is 36.4 Å². The molecule has 4 rings (SSSR count). The standard InChI is InChI=1S/C24H22N4O3/c1-30-18-8-5-16(6-9-18)7-11-20-22-21(28-27-20)12-10-19(23(22)31-2)24(29)26-15-17-4-3-13-25-14-17/h3-14H,15H2,1-2H3,(H,26,29)(H,27,28). The summed E-state index contributed by atoms with van der Waals surface area (Å²) in [5.74, 6) is 1.05. The molecule has 7 nitrogen and oxygen atoms in total. The van der Waals surface area contributed by atoms with Crippen molar-refractivity contribution in [3.05, 3.63) is 83.3 Å². The second-order valence-electron chi connectivity index (χ2n) is 6.83. The molecule has 156 valence electrons. The van der Waals surface area contributed by atoms with E-state index in [2.05, 4.69) is 20.5 Å². The van der Waals surface area contributed by atoms with Gasteiger partial charge in [-0.15, -0.1) is 0 Å². The van der Waals surface area contributed by atoms with Crippen molar-refractivity contribution in [2.45, 2.75) is 6.54 Å². The van der Waals surface area contributed by atoms with Gasteiger partial charge in [0.1, 0.15) is 11.5 Å². The molecular weight excluding hydrogens is 392 g/mol. The Balaban J connectivity index is 1.62. The van der Waals surface area contributed by atoms with Gasteiger partial charge in [0, 0.05) is 18.9 Å². The lowest BCUT2D eigenvalue weighted by molar-refractivity contribution is 0.0948. The third kappa shape index (κ3) is 4.40. The Kier molecular flexibility index (Phi) is 5.93. The van der Waals surface area contributed by atoms with E-state index >= 15 is 0 Å². The molecule has 0 fully saturated rings. The maximum absolute atomic E-state index is 12.8. The molecule has 31 heavy (non-hydrogen) atoms. The average molecular weight is 414 g/mol. The fourth-order valence-electron chi connectivity index (χ4n) is 3.29. The largest absolute Gasteiger partial charge is 0.497 e. The molecule has 0 bridgehead atoms. The number of nitrogens with one attached hydrogen (secondary N) is 2. The first kappa shape index (κ1) is 20.2. The molecule has 7 heteroatoms. The SMILES string of the molecule is COc1ccc(C=Cc2n[nH]c3ccc(C(=O)NCc4cccnc4)c(OC)c23)cc1. The van der Waals surface area contributed by atoms with Crippen molar-refractivity contribution >= 4 is 29.0 Å². The first-order chi connectivity index (χ1) is 15.2. The van der Waals surface area contributed by atoms with E-state index in [0.717, 1.165) is 27.8 Å². The molecule has 0 atom stereocenters. The van der Waals surface area contributed by atoms with Crippen LogP contribution >= 0.6 is 0 Å². The Morgan fingerprint density at radius 1 is 1.06 bits per heavy atom. The summed E-state index contributed by atoms with van der Waals surface area (Å²) in [6, 6.07) is 15.0. The molecule has 0 spiro atoms. The number of methoxy groups -OCH3 is 2. The number of benzene rings is 2. The zero-order valence-electron chi connectivity index (χ0n) is 17.3. The van der Waals surface area contributed by atoms with Gasteiger partial charge >= 0.3 is 0 Å². The first-order valence-corrected chi connectivity index (χ1v) is 9.74. The number of H-pyrrole nitrogens is 1. The number of fused-ring (bicyclic) bond motifs is 1. The summed E-state index contributed by atoms with van der Waals surface area (Å²) in [5.41, 5.74) is 3.84. The first-order valence-electron chi connectivity index (χ1n) is 9.74. The van der Waals surface area contributed by atoms with Crippen LogP contribution in [0.15, 0.2) is 60.9 Å². The van der Waals surface area contributed by atoms with Crippen molar-refractivity contribution in [1.29, 1.82) is 0 Å². The van der Waals surface area contributed by atoms with E-state index in [-0.39, 0.29) is 5.91 Å². The minimum atomic E-state index is -0.228. The molecule has 0 aliphatic carbocycles. The number of aromatic nitrogens is 3. The maximum Gasteiger partial charge on any atom is 0.255 e. The van der Waals surface area contributed by atoms with Gasteiger partial charge in [-0.2, -0.15) is 5.10 Å². The predicted octanol–water partition coefficient (Wildman–Crippen LogP) is 4.08. The van der Waals surface area contributed by atoms with Crippen molar-refractivity contribution in [3.8, 4) is 11.5 Å². The van der Waals surface area contributed by atoms with Gasteiger partial charge in [-0.25, -0.2) is 0 Å². The van der Waals surface area contributed by atoms with Crippen molar-refractivity contribution in [2.24, 2.45) is 0 Å². The summed E-state index contributed by atoms with van der Waals surface area (Å²) in [7, 11) is 3.19. The summed E-state index contributed by atoms with van der Waals surface area (Å²) < 4.78 is 10.8. The second kappa shape index (κ2) is 9.13. The zero-order valence-corrected chi connectivity index (χ0v) is 17.3. The molecular formula is C24H22N4O3. The van der Waals surface area contributed by atoms with Crippen LogP contribution < -0.4 is 14.8 Å².